The van der Waals surface area contributed by atoms with Crippen LogP contribution in [0.3, 0.4) is 0 Å². The number of rotatable bonds is 6. The van der Waals surface area contributed by atoms with Gasteiger partial charge in [-0.2, -0.15) is 0 Å². The molecule has 3 aromatic heterocycles. The predicted molar refractivity (Wildman–Crippen MR) is 232 cm³/mol. The van der Waals surface area contributed by atoms with Gasteiger partial charge in [0, 0.05) is 56.7 Å². The van der Waals surface area contributed by atoms with Crippen LogP contribution in [-0.2, 0) is 0 Å². The molecule has 1 aliphatic rings. The van der Waals surface area contributed by atoms with Crippen LogP contribution in [0, 0.1) is 12.8 Å². The quantitative estimate of drug-likeness (QED) is 0.172. The Morgan fingerprint density at radius 2 is 1.14 bits per heavy atom. The lowest BCUT2D eigenvalue weighted by Crippen LogP contribution is -2.14. The maximum Gasteiger partial charge on any atom is 0.137 e. The van der Waals surface area contributed by atoms with Crippen LogP contribution in [0.2, 0.25) is 0 Å². The van der Waals surface area contributed by atoms with Crippen LogP contribution >= 0.6 is 0 Å². The molecule has 4 nitrogen and oxygen atoms in total. The Labute approximate surface area is 326 Å². The van der Waals surface area contributed by atoms with Crippen LogP contribution in [0.25, 0.3) is 82.9 Å². The Bertz CT molecular complexity index is 2990. The minimum absolute atomic E-state index is 0.0244. The van der Waals surface area contributed by atoms with E-state index in [0.29, 0.717) is 0 Å². The summed E-state index contributed by atoms with van der Waals surface area (Å²) >= 11 is 0. The van der Waals surface area contributed by atoms with Gasteiger partial charge in [-0.15, -0.1) is 0 Å². The van der Waals surface area contributed by atoms with Gasteiger partial charge in [-0.1, -0.05) is 153 Å². The van der Waals surface area contributed by atoms with E-state index in [4.69, 9.17) is 19.9 Å². The zero-order valence-electron chi connectivity index (χ0n) is 31.3. The van der Waals surface area contributed by atoms with Crippen molar-refractivity contribution in [1.29, 1.82) is 0 Å². The molecule has 2 atom stereocenters. The fourth-order valence-corrected chi connectivity index (χ4v) is 8.34. The fourth-order valence-electron chi connectivity index (χ4n) is 8.34. The van der Waals surface area contributed by atoms with E-state index in [9.17, 15) is 0 Å². The van der Waals surface area contributed by atoms with Crippen LogP contribution < -0.4 is 0 Å². The van der Waals surface area contributed by atoms with Gasteiger partial charge < -0.3 is 0 Å². The average Bonchev–Trinajstić information content (AvgIpc) is 3.26. The van der Waals surface area contributed by atoms with Gasteiger partial charge in [0.25, 0.3) is 0 Å². The molecule has 9 aromatic rings. The SMILES string of the molecule is Cc1cc(-c2cccc3cccnc23)ccc1-c1nc(C2C=CC(c3cccc4cccnc34)=CC2C)nc2c(-c3ccccc3)cc(-c3ccccc3)cc12. The first-order chi connectivity index (χ1) is 27.6. The molecule has 2 unspecified atom stereocenters. The van der Waals surface area contributed by atoms with E-state index in [0.717, 1.165) is 94.3 Å². The zero-order chi connectivity index (χ0) is 37.6. The first-order valence-electron chi connectivity index (χ1n) is 19.2. The minimum atomic E-state index is -0.0244. The largest absolute Gasteiger partial charge is 0.256 e. The highest BCUT2D eigenvalue weighted by Gasteiger charge is 2.26. The number of aromatic nitrogens is 4. The number of allylic oxidation sites excluding steroid dienone is 4. The smallest absolute Gasteiger partial charge is 0.137 e. The van der Waals surface area contributed by atoms with E-state index in [1.54, 1.807) is 0 Å². The number of hydrogen-bond donors (Lipinski definition) is 0. The third-order valence-corrected chi connectivity index (χ3v) is 11.2. The molecule has 0 N–H and O–H groups in total. The number of nitrogens with zero attached hydrogens (tertiary/aromatic N) is 4. The molecule has 1 aliphatic carbocycles. The lowest BCUT2D eigenvalue weighted by molar-refractivity contribution is 0.607. The van der Waals surface area contributed by atoms with E-state index < -0.39 is 0 Å². The van der Waals surface area contributed by atoms with Crippen molar-refractivity contribution in [3.63, 3.8) is 0 Å². The Balaban J connectivity index is 1.17. The lowest BCUT2D eigenvalue weighted by Gasteiger charge is -2.24. The summed E-state index contributed by atoms with van der Waals surface area (Å²) in [7, 11) is 0. The van der Waals surface area contributed by atoms with Gasteiger partial charge in [0.15, 0.2) is 0 Å². The third-order valence-electron chi connectivity index (χ3n) is 11.2. The molecular formula is C52H38N4. The van der Waals surface area contributed by atoms with Crippen molar-refractivity contribution in [2.45, 2.75) is 19.8 Å². The third kappa shape index (κ3) is 5.96. The Kier molecular flexibility index (Phi) is 8.37. The van der Waals surface area contributed by atoms with Crippen LogP contribution in [0.1, 0.15) is 29.8 Å². The van der Waals surface area contributed by atoms with E-state index in [-0.39, 0.29) is 11.8 Å². The normalized spacial score (nSPS) is 15.4. The van der Waals surface area contributed by atoms with Gasteiger partial charge >= 0.3 is 0 Å². The monoisotopic (exact) mass is 718 g/mol. The molecule has 4 heteroatoms. The summed E-state index contributed by atoms with van der Waals surface area (Å²) in [6, 6.07) is 53.6. The Morgan fingerprint density at radius 1 is 0.482 bits per heavy atom. The molecule has 0 aliphatic heterocycles. The minimum Gasteiger partial charge on any atom is -0.256 e. The van der Waals surface area contributed by atoms with Gasteiger partial charge in [-0.3, -0.25) is 9.97 Å². The van der Waals surface area contributed by atoms with Gasteiger partial charge in [-0.05, 0) is 70.5 Å². The summed E-state index contributed by atoms with van der Waals surface area (Å²) in [5.41, 5.74) is 15.2. The highest BCUT2D eigenvalue weighted by atomic mass is 14.9. The lowest BCUT2D eigenvalue weighted by atomic mass is 9.83. The van der Waals surface area contributed by atoms with Crippen molar-refractivity contribution >= 4 is 38.3 Å². The second kappa shape index (κ2) is 14.0. The summed E-state index contributed by atoms with van der Waals surface area (Å²) in [5, 5.41) is 3.30. The summed E-state index contributed by atoms with van der Waals surface area (Å²) < 4.78 is 0. The van der Waals surface area contributed by atoms with Gasteiger partial charge in [-0.25, -0.2) is 9.97 Å². The van der Waals surface area contributed by atoms with Crippen molar-refractivity contribution in [2.75, 3.05) is 0 Å². The molecule has 266 valence electrons. The Morgan fingerprint density at radius 3 is 1.84 bits per heavy atom. The van der Waals surface area contributed by atoms with Crippen molar-refractivity contribution in [3.05, 3.63) is 199 Å². The predicted octanol–water partition coefficient (Wildman–Crippen LogP) is 13.1. The van der Waals surface area contributed by atoms with Gasteiger partial charge in [0.1, 0.15) is 5.82 Å². The molecule has 10 rings (SSSR count). The first-order valence-corrected chi connectivity index (χ1v) is 19.2. The second-order valence-corrected chi connectivity index (χ2v) is 14.7. The summed E-state index contributed by atoms with van der Waals surface area (Å²) in [4.78, 5) is 20.6. The molecular weight excluding hydrogens is 681 g/mol. The Hall–Kier alpha value is -7.04. The highest BCUT2D eigenvalue weighted by molar-refractivity contribution is 6.04. The molecule has 0 spiro atoms. The standard InChI is InChI=1S/C52H38N4/c1-33-29-39(44-21-9-17-37-19-11-27-53-48(37)44)23-25-42(33)50-47-32-41(35-13-5-3-6-14-35)31-46(36-15-7-4-8-16-36)51(47)56-52(55-50)43-26-24-40(30-34(43)2)45-22-10-18-38-20-12-28-54-49(38)45/h3-32,34,43H,1-2H3. The van der Waals surface area contributed by atoms with Gasteiger partial charge in [0.2, 0.25) is 0 Å². The van der Waals surface area contributed by atoms with Crippen LogP contribution in [0.15, 0.2) is 182 Å². The second-order valence-electron chi connectivity index (χ2n) is 14.7. The number of hydrogen-bond acceptors (Lipinski definition) is 4. The molecule has 0 radical (unpaired) electrons. The van der Waals surface area contributed by atoms with Crippen molar-refractivity contribution in [2.24, 2.45) is 5.92 Å². The summed E-state index contributed by atoms with van der Waals surface area (Å²) in [6.45, 7) is 4.47. The summed E-state index contributed by atoms with van der Waals surface area (Å²) in [5.74, 6) is 0.933. The van der Waals surface area contributed by atoms with Crippen molar-refractivity contribution < 1.29 is 0 Å². The topological polar surface area (TPSA) is 51.6 Å². The van der Waals surface area contributed by atoms with Crippen LogP contribution in [0.4, 0.5) is 0 Å². The number of aryl methyl sites for hydroxylation is 1. The number of pyridine rings is 2. The van der Waals surface area contributed by atoms with E-state index >= 15 is 0 Å². The molecule has 0 saturated carbocycles. The first kappa shape index (κ1) is 33.5. The molecule has 0 saturated heterocycles. The molecule has 3 heterocycles. The van der Waals surface area contributed by atoms with Crippen LogP contribution in [0.5, 0.6) is 0 Å². The fraction of sp³-hybridized carbons (Fsp3) is 0.0769. The van der Waals surface area contributed by atoms with E-state index in [2.05, 4.69) is 172 Å². The maximum atomic E-state index is 5.56. The maximum absolute atomic E-state index is 5.56. The summed E-state index contributed by atoms with van der Waals surface area (Å²) in [6.07, 6.45) is 10.6. The number of fused-ring (bicyclic) bond motifs is 3. The van der Waals surface area contributed by atoms with E-state index in [1.807, 2.05) is 24.5 Å². The van der Waals surface area contributed by atoms with Crippen LogP contribution in [-0.4, -0.2) is 19.9 Å². The van der Waals surface area contributed by atoms with Gasteiger partial charge in [0.05, 0.1) is 22.2 Å². The molecule has 0 amide bonds. The molecule has 0 bridgehead atoms. The number of benzene rings is 6. The molecule has 0 fully saturated rings. The average molecular weight is 719 g/mol. The van der Waals surface area contributed by atoms with Crippen molar-refractivity contribution in [3.8, 4) is 44.6 Å². The van der Waals surface area contributed by atoms with Crippen molar-refractivity contribution in [1.82, 2.24) is 19.9 Å². The van der Waals surface area contributed by atoms with E-state index in [1.165, 1.54) is 5.57 Å². The highest BCUT2D eigenvalue weighted by Crippen LogP contribution is 2.42. The molecule has 6 aromatic carbocycles. The zero-order valence-corrected chi connectivity index (χ0v) is 31.3. The molecule has 56 heavy (non-hydrogen) atoms. The number of para-hydroxylation sites is 2.